The molecule has 0 unspecified atom stereocenters. The van der Waals surface area contributed by atoms with Gasteiger partial charge in [0.25, 0.3) is 0 Å². The third-order valence-corrected chi connectivity index (χ3v) is 3.15. The van der Waals surface area contributed by atoms with Crippen molar-refractivity contribution in [1.82, 2.24) is 20.2 Å². The van der Waals surface area contributed by atoms with Crippen molar-refractivity contribution < 1.29 is 0 Å². The lowest BCUT2D eigenvalue weighted by molar-refractivity contribution is 0.548. The number of halogens is 1. The minimum Gasteiger partial charge on any atom is -0.398 e. The van der Waals surface area contributed by atoms with Gasteiger partial charge in [-0.25, -0.2) is 4.68 Å². The molecule has 0 radical (unpaired) electrons. The van der Waals surface area contributed by atoms with Gasteiger partial charge in [0.1, 0.15) is 0 Å². The first kappa shape index (κ1) is 10.5. The van der Waals surface area contributed by atoms with E-state index < -0.39 is 0 Å². The second-order valence-electron chi connectivity index (χ2n) is 4.36. The lowest BCUT2D eigenvalue weighted by atomic mass is 10.1. The summed E-state index contributed by atoms with van der Waals surface area (Å²) < 4.78 is 1.81. The minimum absolute atomic E-state index is 0.634. The van der Waals surface area contributed by atoms with Crippen molar-refractivity contribution >= 4 is 17.3 Å². The molecule has 3 rings (SSSR count). The summed E-state index contributed by atoms with van der Waals surface area (Å²) in [6.45, 7) is 0.855. The largest absolute Gasteiger partial charge is 0.398 e. The maximum absolute atomic E-state index is 5.97. The van der Waals surface area contributed by atoms with Gasteiger partial charge in [-0.05, 0) is 47.4 Å². The zero-order valence-electron chi connectivity index (χ0n) is 9.17. The summed E-state index contributed by atoms with van der Waals surface area (Å²) in [5.74, 6) is 1.40. The number of nitrogen functional groups attached to an aromatic ring is 1. The van der Waals surface area contributed by atoms with Crippen LogP contribution in [0.2, 0.25) is 5.02 Å². The summed E-state index contributed by atoms with van der Waals surface area (Å²) >= 11 is 5.97. The molecule has 1 saturated carbocycles. The van der Waals surface area contributed by atoms with Gasteiger partial charge in [-0.15, -0.1) is 5.10 Å². The first-order chi connectivity index (χ1) is 8.24. The molecule has 1 aliphatic carbocycles. The number of aromatic nitrogens is 4. The molecule has 2 aromatic rings. The Morgan fingerprint density at radius 3 is 3.00 bits per heavy atom. The van der Waals surface area contributed by atoms with Gasteiger partial charge in [0.2, 0.25) is 0 Å². The van der Waals surface area contributed by atoms with Crippen LogP contribution in [0.4, 0.5) is 5.69 Å². The molecule has 0 saturated heterocycles. The molecule has 0 amide bonds. The number of rotatable bonds is 3. The first-order valence-electron chi connectivity index (χ1n) is 5.55. The van der Waals surface area contributed by atoms with Gasteiger partial charge in [-0.1, -0.05) is 11.6 Å². The van der Waals surface area contributed by atoms with Crippen molar-refractivity contribution in [2.45, 2.75) is 19.4 Å². The molecule has 88 valence electrons. The second kappa shape index (κ2) is 4.00. The van der Waals surface area contributed by atoms with Crippen LogP contribution in [0.5, 0.6) is 0 Å². The molecule has 1 fully saturated rings. The topological polar surface area (TPSA) is 69.6 Å². The fraction of sp³-hybridized carbons (Fsp3) is 0.364. The van der Waals surface area contributed by atoms with E-state index in [0.717, 1.165) is 12.1 Å². The molecule has 6 heteroatoms. The van der Waals surface area contributed by atoms with E-state index in [1.54, 1.807) is 22.9 Å². The van der Waals surface area contributed by atoms with Crippen LogP contribution in [0, 0.1) is 5.92 Å². The van der Waals surface area contributed by atoms with Crippen molar-refractivity contribution in [3.8, 4) is 11.4 Å². The molecule has 0 spiro atoms. The van der Waals surface area contributed by atoms with Gasteiger partial charge >= 0.3 is 0 Å². The zero-order valence-corrected chi connectivity index (χ0v) is 9.93. The van der Waals surface area contributed by atoms with Crippen LogP contribution in [0.15, 0.2) is 18.2 Å². The quantitative estimate of drug-likeness (QED) is 0.845. The Hall–Kier alpha value is -1.62. The Balaban J connectivity index is 2.01. The highest BCUT2D eigenvalue weighted by atomic mass is 35.5. The number of anilines is 1. The van der Waals surface area contributed by atoms with Crippen molar-refractivity contribution in [1.29, 1.82) is 0 Å². The lowest BCUT2D eigenvalue weighted by Gasteiger charge is -2.06. The molecule has 0 aliphatic heterocycles. The summed E-state index contributed by atoms with van der Waals surface area (Å²) in [5, 5.41) is 12.4. The van der Waals surface area contributed by atoms with E-state index in [9.17, 15) is 0 Å². The third-order valence-electron chi connectivity index (χ3n) is 2.92. The van der Waals surface area contributed by atoms with Crippen molar-refractivity contribution in [3.05, 3.63) is 23.2 Å². The fourth-order valence-electron chi connectivity index (χ4n) is 1.79. The van der Waals surface area contributed by atoms with Crippen LogP contribution in [0.25, 0.3) is 11.4 Å². The number of tetrazole rings is 1. The van der Waals surface area contributed by atoms with E-state index in [0.29, 0.717) is 22.5 Å². The van der Waals surface area contributed by atoms with E-state index in [-0.39, 0.29) is 0 Å². The monoisotopic (exact) mass is 249 g/mol. The van der Waals surface area contributed by atoms with Crippen LogP contribution >= 0.6 is 11.6 Å². The predicted molar refractivity (Wildman–Crippen MR) is 65.4 cm³/mol. The minimum atomic E-state index is 0.634. The molecule has 5 nitrogen and oxygen atoms in total. The van der Waals surface area contributed by atoms with E-state index in [4.69, 9.17) is 17.3 Å². The van der Waals surface area contributed by atoms with Gasteiger partial charge in [0.15, 0.2) is 5.82 Å². The average Bonchev–Trinajstić information content (AvgIpc) is 3.00. The van der Waals surface area contributed by atoms with Gasteiger partial charge in [0.05, 0.1) is 0 Å². The summed E-state index contributed by atoms with van der Waals surface area (Å²) in [4.78, 5) is 0. The summed E-state index contributed by atoms with van der Waals surface area (Å²) in [6, 6.07) is 5.33. The Morgan fingerprint density at radius 1 is 1.41 bits per heavy atom. The van der Waals surface area contributed by atoms with E-state index >= 15 is 0 Å². The van der Waals surface area contributed by atoms with Crippen LogP contribution in [-0.4, -0.2) is 20.2 Å². The zero-order chi connectivity index (χ0) is 11.8. The smallest absolute Gasteiger partial charge is 0.184 e. The van der Waals surface area contributed by atoms with Crippen LogP contribution in [-0.2, 0) is 6.54 Å². The summed E-state index contributed by atoms with van der Waals surface area (Å²) in [7, 11) is 0. The number of benzene rings is 1. The van der Waals surface area contributed by atoms with Gasteiger partial charge in [-0.2, -0.15) is 0 Å². The Bertz CT molecular complexity index is 547. The van der Waals surface area contributed by atoms with Crippen molar-refractivity contribution in [2.24, 2.45) is 5.92 Å². The highest BCUT2D eigenvalue weighted by Gasteiger charge is 2.24. The van der Waals surface area contributed by atoms with Crippen LogP contribution in [0.3, 0.4) is 0 Å². The highest BCUT2D eigenvalue weighted by Crippen LogP contribution is 2.32. The van der Waals surface area contributed by atoms with Crippen molar-refractivity contribution in [3.63, 3.8) is 0 Å². The predicted octanol–water partition coefficient (Wildman–Crippen LogP) is 1.99. The summed E-state index contributed by atoms with van der Waals surface area (Å²) in [6.07, 6.45) is 2.51. The molecule has 1 aliphatic rings. The van der Waals surface area contributed by atoms with Gasteiger partial charge < -0.3 is 5.73 Å². The molecular formula is C11H12ClN5. The molecule has 0 bridgehead atoms. The SMILES string of the molecule is Nc1ccc(Cl)cc1-c1nnnn1CC1CC1. The number of nitrogens with zero attached hydrogens (tertiary/aromatic N) is 4. The number of hydrogen-bond donors (Lipinski definition) is 1. The Labute approximate surface area is 104 Å². The Morgan fingerprint density at radius 2 is 2.24 bits per heavy atom. The van der Waals surface area contributed by atoms with Gasteiger partial charge in [-0.3, -0.25) is 0 Å². The van der Waals surface area contributed by atoms with Crippen LogP contribution in [0.1, 0.15) is 12.8 Å². The number of nitrogens with two attached hydrogens (primary N) is 1. The average molecular weight is 250 g/mol. The molecule has 1 aromatic heterocycles. The highest BCUT2D eigenvalue weighted by molar-refractivity contribution is 6.31. The van der Waals surface area contributed by atoms with Crippen molar-refractivity contribution in [2.75, 3.05) is 5.73 Å². The maximum atomic E-state index is 5.97. The summed E-state index contributed by atoms with van der Waals surface area (Å²) in [5.41, 5.74) is 7.36. The maximum Gasteiger partial charge on any atom is 0.184 e. The van der Waals surface area contributed by atoms with E-state index in [1.807, 2.05) is 0 Å². The standard InChI is InChI=1S/C11H12ClN5/c12-8-3-4-10(13)9(5-8)11-14-15-16-17(11)6-7-1-2-7/h3-5,7H,1-2,6,13H2. The van der Waals surface area contributed by atoms with Gasteiger partial charge in [0, 0.05) is 22.8 Å². The molecule has 2 N–H and O–H groups in total. The Kier molecular flexibility index (Phi) is 2.48. The molecule has 17 heavy (non-hydrogen) atoms. The van der Waals surface area contributed by atoms with E-state index in [2.05, 4.69) is 15.5 Å². The molecular weight excluding hydrogens is 238 g/mol. The molecule has 1 aromatic carbocycles. The normalized spacial score (nSPS) is 15.1. The fourth-order valence-corrected chi connectivity index (χ4v) is 1.96. The second-order valence-corrected chi connectivity index (χ2v) is 4.80. The van der Waals surface area contributed by atoms with Crippen LogP contribution < -0.4 is 5.73 Å². The molecule has 0 atom stereocenters. The third kappa shape index (κ3) is 2.10. The lowest BCUT2D eigenvalue weighted by Crippen LogP contribution is -2.05. The molecule has 1 heterocycles. The number of hydrogen-bond acceptors (Lipinski definition) is 4. The van der Waals surface area contributed by atoms with E-state index in [1.165, 1.54) is 12.8 Å². The first-order valence-corrected chi connectivity index (χ1v) is 5.93.